The van der Waals surface area contributed by atoms with Crippen LogP contribution in [0.3, 0.4) is 0 Å². The van der Waals surface area contributed by atoms with Gasteiger partial charge in [0.1, 0.15) is 0 Å². The summed E-state index contributed by atoms with van der Waals surface area (Å²) in [6.07, 6.45) is -0.967. The monoisotopic (exact) mass is 368 g/mol. The second-order valence-electron chi connectivity index (χ2n) is 6.57. The first kappa shape index (κ1) is 18.9. The van der Waals surface area contributed by atoms with Crippen LogP contribution in [0, 0.1) is 0 Å². The van der Waals surface area contributed by atoms with Gasteiger partial charge in [0.2, 0.25) is 6.10 Å². The fourth-order valence-electron chi connectivity index (χ4n) is 2.91. The molecule has 2 aromatic rings. The van der Waals surface area contributed by atoms with Gasteiger partial charge < -0.3 is 19.3 Å². The zero-order valence-corrected chi connectivity index (χ0v) is 15.6. The molecule has 3 rings (SSSR count). The Kier molecular flexibility index (Phi) is 6.08. The Balaban J connectivity index is 1.80. The number of hydrogen-bond acceptors (Lipinski definition) is 5. The highest BCUT2D eigenvalue weighted by atomic mass is 16.5. The average molecular weight is 368 g/mol. The van der Waals surface area contributed by atoms with Gasteiger partial charge in [0.25, 0.3) is 5.91 Å². The Morgan fingerprint density at radius 3 is 2.22 bits per heavy atom. The van der Waals surface area contributed by atoms with Crippen LogP contribution < -0.4 is 4.90 Å². The maximum atomic E-state index is 13.0. The number of anilines is 1. The predicted octanol–water partition coefficient (Wildman–Crippen LogP) is 2.51. The topological polar surface area (TPSA) is 59.1 Å². The number of morpholine rings is 1. The Morgan fingerprint density at radius 2 is 1.63 bits per heavy atom. The van der Waals surface area contributed by atoms with E-state index in [4.69, 9.17) is 9.47 Å². The van der Waals surface area contributed by atoms with Gasteiger partial charge in [-0.1, -0.05) is 30.3 Å². The quantitative estimate of drug-likeness (QED) is 0.759. The summed E-state index contributed by atoms with van der Waals surface area (Å²) in [4.78, 5) is 29.3. The van der Waals surface area contributed by atoms with Gasteiger partial charge in [-0.25, -0.2) is 4.79 Å². The molecule has 0 unspecified atom stereocenters. The molecule has 6 heteroatoms. The molecule has 142 valence electrons. The van der Waals surface area contributed by atoms with Crippen molar-refractivity contribution in [1.29, 1.82) is 0 Å². The van der Waals surface area contributed by atoms with E-state index in [1.807, 2.05) is 49.3 Å². The van der Waals surface area contributed by atoms with Gasteiger partial charge in [-0.3, -0.25) is 4.79 Å². The van der Waals surface area contributed by atoms with Crippen LogP contribution in [-0.2, 0) is 14.3 Å². The van der Waals surface area contributed by atoms with Crippen molar-refractivity contribution in [2.75, 3.05) is 45.3 Å². The van der Waals surface area contributed by atoms with Crippen molar-refractivity contribution in [1.82, 2.24) is 4.90 Å². The number of nitrogens with zero attached hydrogens (tertiary/aromatic N) is 2. The minimum atomic E-state index is -0.967. The maximum Gasteiger partial charge on any atom is 0.339 e. The van der Waals surface area contributed by atoms with E-state index in [0.29, 0.717) is 37.4 Å². The van der Waals surface area contributed by atoms with Crippen LogP contribution in [0.15, 0.2) is 54.6 Å². The maximum absolute atomic E-state index is 13.0. The third-order valence-electron chi connectivity index (χ3n) is 4.49. The summed E-state index contributed by atoms with van der Waals surface area (Å²) in [5.41, 5.74) is 2.05. The minimum absolute atomic E-state index is 0.220. The molecule has 6 nitrogen and oxygen atoms in total. The minimum Gasteiger partial charge on any atom is -0.444 e. The van der Waals surface area contributed by atoms with Gasteiger partial charge in [-0.05, 0) is 24.3 Å². The molecule has 1 heterocycles. The van der Waals surface area contributed by atoms with Crippen molar-refractivity contribution < 1.29 is 19.1 Å². The first-order chi connectivity index (χ1) is 13.1. The largest absolute Gasteiger partial charge is 0.444 e. The van der Waals surface area contributed by atoms with E-state index in [9.17, 15) is 9.59 Å². The zero-order valence-electron chi connectivity index (χ0n) is 15.6. The summed E-state index contributed by atoms with van der Waals surface area (Å²) >= 11 is 0. The van der Waals surface area contributed by atoms with Gasteiger partial charge in [0, 0.05) is 38.4 Å². The molecule has 1 amide bonds. The van der Waals surface area contributed by atoms with E-state index >= 15 is 0 Å². The number of rotatable bonds is 5. The first-order valence-electron chi connectivity index (χ1n) is 8.96. The molecular weight excluding hydrogens is 344 g/mol. The molecule has 2 aromatic carbocycles. The van der Waals surface area contributed by atoms with Crippen LogP contribution in [0.25, 0.3) is 0 Å². The number of carbonyl (C=O) groups excluding carboxylic acids is 2. The number of amides is 1. The highest BCUT2D eigenvalue weighted by Gasteiger charge is 2.30. The van der Waals surface area contributed by atoms with Gasteiger partial charge in [-0.15, -0.1) is 0 Å². The SMILES string of the molecule is CN(C)c1ccc(C(=O)O[C@H](C(=O)N2CCOCC2)c2ccccc2)cc1. The lowest BCUT2D eigenvalue weighted by Gasteiger charge is -2.30. The second-order valence-corrected chi connectivity index (χ2v) is 6.57. The molecule has 1 saturated heterocycles. The lowest BCUT2D eigenvalue weighted by atomic mass is 10.1. The van der Waals surface area contributed by atoms with Crippen LogP contribution in [-0.4, -0.2) is 57.2 Å². The van der Waals surface area contributed by atoms with E-state index < -0.39 is 12.1 Å². The summed E-state index contributed by atoms with van der Waals surface area (Å²) in [6, 6.07) is 16.2. The van der Waals surface area contributed by atoms with Crippen molar-refractivity contribution in [3.63, 3.8) is 0 Å². The molecule has 1 atom stereocenters. The number of esters is 1. The number of carbonyl (C=O) groups is 2. The van der Waals surface area contributed by atoms with Gasteiger partial charge in [-0.2, -0.15) is 0 Å². The fourth-order valence-corrected chi connectivity index (χ4v) is 2.91. The molecule has 0 bridgehead atoms. The first-order valence-corrected chi connectivity index (χ1v) is 8.96. The molecule has 0 radical (unpaired) electrons. The zero-order chi connectivity index (χ0) is 19.2. The average Bonchev–Trinajstić information content (AvgIpc) is 2.72. The lowest BCUT2D eigenvalue weighted by molar-refractivity contribution is -0.145. The Labute approximate surface area is 159 Å². The molecule has 0 aliphatic carbocycles. The summed E-state index contributed by atoms with van der Waals surface area (Å²) in [5, 5.41) is 0. The third-order valence-corrected chi connectivity index (χ3v) is 4.49. The standard InChI is InChI=1S/C21H24N2O4/c1-22(2)18-10-8-17(9-11-18)21(25)27-19(16-6-4-3-5-7-16)20(24)23-12-14-26-15-13-23/h3-11,19H,12-15H2,1-2H3/t19-/m0/s1. The lowest BCUT2D eigenvalue weighted by Crippen LogP contribution is -2.44. The molecule has 1 fully saturated rings. The van der Waals surface area contributed by atoms with Gasteiger partial charge in [0.15, 0.2) is 0 Å². The molecule has 1 aliphatic rings. The van der Waals surface area contributed by atoms with Crippen molar-refractivity contribution in [2.45, 2.75) is 6.10 Å². The van der Waals surface area contributed by atoms with E-state index in [2.05, 4.69) is 0 Å². The summed E-state index contributed by atoms with van der Waals surface area (Å²) in [7, 11) is 3.86. The summed E-state index contributed by atoms with van der Waals surface area (Å²) < 4.78 is 11.0. The van der Waals surface area contributed by atoms with Crippen molar-refractivity contribution in [3.05, 3.63) is 65.7 Å². The van der Waals surface area contributed by atoms with Gasteiger partial charge >= 0.3 is 5.97 Å². The van der Waals surface area contributed by atoms with E-state index in [1.54, 1.807) is 29.2 Å². The Morgan fingerprint density at radius 1 is 1.00 bits per heavy atom. The number of benzene rings is 2. The van der Waals surface area contributed by atoms with E-state index in [1.165, 1.54) is 0 Å². The van der Waals surface area contributed by atoms with E-state index in [0.717, 1.165) is 5.69 Å². The summed E-state index contributed by atoms with van der Waals surface area (Å²) in [6.45, 7) is 1.98. The van der Waals surface area contributed by atoms with Crippen molar-refractivity contribution >= 4 is 17.6 Å². The van der Waals surface area contributed by atoms with Crippen LogP contribution >= 0.6 is 0 Å². The van der Waals surface area contributed by atoms with E-state index in [-0.39, 0.29) is 5.91 Å². The number of ether oxygens (including phenoxy) is 2. The van der Waals surface area contributed by atoms with Crippen LogP contribution in [0.1, 0.15) is 22.0 Å². The molecule has 1 aliphatic heterocycles. The molecule has 0 N–H and O–H groups in total. The molecule has 0 spiro atoms. The van der Waals surface area contributed by atoms with Crippen LogP contribution in [0.5, 0.6) is 0 Å². The summed E-state index contributed by atoms with van der Waals surface area (Å²) in [5.74, 6) is -0.737. The highest BCUT2D eigenvalue weighted by Crippen LogP contribution is 2.23. The molecule has 0 aromatic heterocycles. The molecular formula is C21H24N2O4. The van der Waals surface area contributed by atoms with Crippen molar-refractivity contribution in [3.8, 4) is 0 Å². The van der Waals surface area contributed by atoms with Gasteiger partial charge in [0.05, 0.1) is 18.8 Å². The Hall–Kier alpha value is -2.86. The normalized spacial score (nSPS) is 15.1. The predicted molar refractivity (Wildman–Crippen MR) is 103 cm³/mol. The van der Waals surface area contributed by atoms with Crippen LogP contribution in [0.4, 0.5) is 5.69 Å². The fraction of sp³-hybridized carbons (Fsp3) is 0.333. The Bertz CT molecular complexity index is 769. The smallest absolute Gasteiger partial charge is 0.339 e. The molecule has 27 heavy (non-hydrogen) atoms. The number of hydrogen-bond donors (Lipinski definition) is 0. The second kappa shape index (κ2) is 8.68. The van der Waals surface area contributed by atoms with Crippen molar-refractivity contribution in [2.24, 2.45) is 0 Å². The molecule has 0 saturated carbocycles. The van der Waals surface area contributed by atoms with Crippen LogP contribution in [0.2, 0.25) is 0 Å². The third kappa shape index (κ3) is 4.65. The highest BCUT2D eigenvalue weighted by molar-refractivity contribution is 5.93.